The van der Waals surface area contributed by atoms with Crippen LogP contribution in [-0.2, 0) is 25.5 Å². The molecule has 1 heterocycles. The molecule has 0 aromatic heterocycles. The summed E-state index contributed by atoms with van der Waals surface area (Å²) < 4.78 is 19.0. The maximum Gasteiger partial charge on any atom is 0.408 e. The van der Waals surface area contributed by atoms with Crippen LogP contribution >= 0.6 is 0 Å². The Kier molecular flexibility index (Phi) is 10.6. The molecule has 9 nitrogen and oxygen atoms in total. The number of halogens is 1. The van der Waals surface area contributed by atoms with Gasteiger partial charge in [0.2, 0.25) is 17.7 Å². The Morgan fingerprint density at radius 3 is 2.38 bits per heavy atom. The van der Waals surface area contributed by atoms with Crippen LogP contribution in [0.4, 0.5) is 9.18 Å². The molecule has 0 radical (unpaired) electrons. The van der Waals surface area contributed by atoms with Crippen molar-refractivity contribution in [1.29, 1.82) is 0 Å². The van der Waals surface area contributed by atoms with Gasteiger partial charge in [0.15, 0.2) is 0 Å². The van der Waals surface area contributed by atoms with Gasteiger partial charge in [0, 0.05) is 33.1 Å². The first kappa shape index (κ1) is 33.2. The summed E-state index contributed by atoms with van der Waals surface area (Å²) >= 11 is 0. The first-order valence-electron chi connectivity index (χ1n) is 15.0. The van der Waals surface area contributed by atoms with Gasteiger partial charge in [-0.3, -0.25) is 14.4 Å². The molecule has 0 aliphatic carbocycles. The quantitative estimate of drug-likeness (QED) is 0.325. The summed E-state index contributed by atoms with van der Waals surface area (Å²) in [6, 6.07) is 17.4. The van der Waals surface area contributed by atoms with Crippen LogP contribution in [0, 0.1) is 5.82 Å². The van der Waals surface area contributed by atoms with Crippen LogP contribution < -0.4 is 10.6 Å². The molecule has 3 aromatic carbocycles. The lowest BCUT2D eigenvalue weighted by Crippen LogP contribution is -2.63. The summed E-state index contributed by atoms with van der Waals surface area (Å²) in [5.74, 6) is -2.06. The van der Waals surface area contributed by atoms with Crippen molar-refractivity contribution >= 4 is 34.6 Å². The van der Waals surface area contributed by atoms with Crippen LogP contribution in [0.5, 0.6) is 0 Å². The predicted octanol–water partition coefficient (Wildman–Crippen LogP) is 4.56. The fourth-order valence-corrected chi connectivity index (χ4v) is 5.53. The number of benzene rings is 3. The van der Waals surface area contributed by atoms with E-state index in [0.717, 1.165) is 16.3 Å². The van der Waals surface area contributed by atoms with Crippen molar-refractivity contribution in [2.45, 2.75) is 57.2 Å². The van der Waals surface area contributed by atoms with Crippen LogP contribution in [0.15, 0.2) is 79.4 Å². The Labute approximate surface area is 263 Å². The topological polar surface area (TPSA) is 108 Å². The molecule has 4 amide bonds. The summed E-state index contributed by atoms with van der Waals surface area (Å²) in [4.78, 5) is 56.9. The minimum Gasteiger partial charge on any atom is -0.444 e. The minimum atomic E-state index is -1.08. The number of fused-ring (bicyclic) bond motifs is 1. The highest BCUT2D eigenvalue weighted by Gasteiger charge is 2.41. The zero-order chi connectivity index (χ0) is 32.7. The SMILES string of the molecule is C=CC[C@H]1C(=O)N(C[C@H](C(=O)NC)c2ccc3ccccc3c2)CCN1C(=O)[C@@H](Cc1ccc(F)cc1)NC(=O)OC(C)(C)C. The highest BCUT2D eigenvalue weighted by atomic mass is 19.1. The monoisotopic (exact) mass is 616 g/mol. The number of piperazine rings is 1. The number of nitrogens with one attached hydrogen (secondary N) is 2. The van der Waals surface area contributed by atoms with E-state index in [1.165, 1.54) is 17.0 Å². The van der Waals surface area contributed by atoms with E-state index in [4.69, 9.17) is 4.74 Å². The molecule has 10 heteroatoms. The largest absolute Gasteiger partial charge is 0.444 e. The Morgan fingerprint density at radius 1 is 1.04 bits per heavy atom. The molecular weight excluding hydrogens is 575 g/mol. The summed E-state index contributed by atoms with van der Waals surface area (Å²) in [6.07, 6.45) is 1.03. The van der Waals surface area contributed by atoms with Gasteiger partial charge in [0.05, 0.1) is 5.92 Å². The second-order valence-electron chi connectivity index (χ2n) is 12.2. The zero-order valence-corrected chi connectivity index (χ0v) is 26.2. The third-order valence-electron chi connectivity index (χ3n) is 7.74. The molecule has 1 fully saturated rings. The van der Waals surface area contributed by atoms with Crippen LogP contribution in [0.1, 0.15) is 44.2 Å². The van der Waals surface area contributed by atoms with Crippen molar-refractivity contribution in [2.24, 2.45) is 0 Å². The molecule has 0 bridgehead atoms. The Hall–Kier alpha value is -4.73. The highest BCUT2D eigenvalue weighted by molar-refractivity contribution is 5.93. The van der Waals surface area contributed by atoms with Gasteiger partial charge in [0.25, 0.3) is 0 Å². The maximum atomic E-state index is 14.0. The first-order valence-corrected chi connectivity index (χ1v) is 15.0. The van der Waals surface area contributed by atoms with E-state index in [1.54, 1.807) is 50.9 Å². The molecule has 238 valence electrons. The second kappa shape index (κ2) is 14.4. The van der Waals surface area contributed by atoms with Crippen molar-refractivity contribution < 1.29 is 28.3 Å². The lowest BCUT2D eigenvalue weighted by atomic mass is 9.93. The average Bonchev–Trinajstić information content (AvgIpc) is 3.00. The predicted molar refractivity (Wildman–Crippen MR) is 171 cm³/mol. The molecule has 1 aliphatic heterocycles. The van der Waals surface area contributed by atoms with Crippen molar-refractivity contribution in [3.63, 3.8) is 0 Å². The van der Waals surface area contributed by atoms with Crippen LogP contribution in [0.3, 0.4) is 0 Å². The molecule has 3 aromatic rings. The Balaban J connectivity index is 1.58. The molecule has 0 spiro atoms. The molecule has 0 unspecified atom stereocenters. The lowest BCUT2D eigenvalue weighted by Gasteiger charge is -2.42. The number of ether oxygens (including phenoxy) is 1. The first-order chi connectivity index (χ1) is 21.4. The molecule has 1 aliphatic rings. The van der Waals surface area contributed by atoms with Gasteiger partial charge in [0.1, 0.15) is 23.5 Å². The van der Waals surface area contributed by atoms with E-state index in [0.29, 0.717) is 5.56 Å². The van der Waals surface area contributed by atoms with Gasteiger partial charge in [-0.1, -0.05) is 60.7 Å². The van der Waals surface area contributed by atoms with Gasteiger partial charge in [-0.2, -0.15) is 0 Å². The number of rotatable bonds is 10. The number of nitrogens with zero attached hydrogens (tertiary/aromatic N) is 2. The van der Waals surface area contributed by atoms with Crippen LogP contribution in [-0.4, -0.2) is 78.0 Å². The minimum absolute atomic E-state index is 0.0638. The maximum absolute atomic E-state index is 14.0. The molecule has 0 saturated carbocycles. The van der Waals surface area contributed by atoms with Gasteiger partial charge >= 0.3 is 6.09 Å². The molecule has 1 saturated heterocycles. The van der Waals surface area contributed by atoms with E-state index >= 15 is 0 Å². The van der Waals surface area contributed by atoms with Crippen molar-refractivity contribution in [1.82, 2.24) is 20.4 Å². The van der Waals surface area contributed by atoms with Crippen molar-refractivity contribution in [2.75, 3.05) is 26.7 Å². The molecular formula is C35H41FN4O5. The molecule has 2 N–H and O–H groups in total. The third kappa shape index (κ3) is 8.47. The summed E-state index contributed by atoms with van der Waals surface area (Å²) in [6.45, 7) is 9.43. The van der Waals surface area contributed by atoms with E-state index in [1.807, 2.05) is 42.5 Å². The normalized spacial score (nSPS) is 16.6. The Morgan fingerprint density at radius 2 is 1.73 bits per heavy atom. The standard InChI is InChI=1S/C35H41FN4O5/c1-6-9-30-33(43)39(22-28(31(41)37-5)26-15-14-24-10-7-8-11-25(24)21-26)18-19-40(30)32(42)29(38-34(44)45-35(2,3)4)20-23-12-16-27(36)17-13-23/h6-8,10-17,21,28-30H,1,9,18-20,22H2,2-5H3,(H,37,41)(H,38,44)/t28-,29+,30-/m0/s1. The molecule has 4 rings (SSSR count). The van der Waals surface area contributed by atoms with Crippen molar-refractivity contribution in [3.8, 4) is 0 Å². The fraction of sp³-hybridized carbons (Fsp3) is 0.371. The number of hydrogen-bond donors (Lipinski definition) is 2. The fourth-order valence-electron chi connectivity index (χ4n) is 5.53. The van der Waals surface area contributed by atoms with Gasteiger partial charge < -0.3 is 25.2 Å². The van der Waals surface area contributed by atoms with Gasteiger partial charge in [-0.25, -0.2) is 9.18 Å². The number of carbonyl (C=O) groups is 4. The lowest BCUT2D eigenvalue weighted by molar-refractivity contribution is -0.152. The summed E-state index contributed by atoms with van der Waals surface area (Å²) in [5.41, 5.74) is 0.604. The number of amides is 4. The van der Waals surface area contributed by atoms with Crippen LogP contribution in [0.25, 0.3) is 10.8 Å². The van der Waals surface area contributed by atoms with E-state index in [9.17, 15) is 23.6 Å². The van der Waals surface area contributed by atoms with E-state index in [-0.39, 0.29) is 44.3 Å². The van der Waals surface area contributed by atoms with Crippen LogP contribution in [0.2, 0.25) is 0 Å². The van der Waals surface area contributed by atoms with Crippen molar-refractivity contribution in [3.05, 3.63) is 96.3 Å². The second-order valence-corrected chi connectivity index (χ2v) is 12.2. The average molecular weight is 617 g/mol. The van der Waals surface area contributed by atoms with E-state index in [2.05, 4.69) is 17.2 Å². The highest BCUT2D eigenvalue weighted by Crippen LogP contribution is 2.26. The van der Waals surface area contributed by atoms with Gasteiger partial charge in [-0.15, -0.1) is 6.58 Å². The number of alkyl carbamates (subject to hydrolysis) is 1. The van der Waals surface area contributed by atoms with E-state index < -0.39 is 41.4 Å². The van der Waals surface area contributed by atoms with Gasteiger partial charge in [-0.05, 0) is 61.2 Å². The summed E-state index contributed by atoms with van der Waals surface area (Å²) in [7, 11) is 1.56. The number of carbonyl (C=O) groups excluding carboxylic acids is 4. The molecule has 45 heavy (non-hydrogen) atoms. The smallest absolute Gasteiger partial charge is 0.408 e. The zero-order valence-electron chi connectivity index (χ0n) is 26.2. The number of likely N-dealkylation sites (N-methyl/N-ethyl adjacent to an activating group) is 1. The third-order valence-corrected chi connectivity index (χ3v) is 7.74. The Bertz CT molecular complexity index is 1550. The molecule has 3 atom stereocenters. The summed E-state index contributed by atoms with van der Waals surface area (Å²) in [5, 5.41) is 7.41. The number of hydrogen-bond acceptors (Lipinski definition) is 5.